The van der Waals surface area contributed by atoms with Crippen molar-refractivity contribution in [3.63, 3.8) is 0 Å². The summed E-state index contributed by atoms with van der Waals surface area (Å²) in [6.45, 7) is 1.95. The van der Waals surface area contributed by atoms with Crippen LogP contribution in [0.4, 0.5) is 0 Å². The lowest BCUT2D eigenvalue weighted by Gasteiger charge is -2.08. The fraction of sp³-hybridized carbons (Fsp3) is 0.0833. The quantitative estimate of drug-likeness (QED) is 0.901. The predicted molar refractivity (Wildman–Crippen MR) is 67.0 cm³/mol. The first-order valence-corrected chi connectivity index (χ1v) is 5.67. The highest BCUT2D eigenvalue weighted by Gasteiger charge is 2.10. The van der Waals surface area contributed by atoms with Crippen molar-refractivity contribution in [2.75, 3.05) is 5.43 Å². The Morgan fingerprint density at radius 2 is 1.94 bits per heavy atom. The fourth-order valence-corrected chi connectivity index (χ4v) is 1.85. The summed E-state index contributed by atoms with van der Waals surface area (Å²) in [5.41, 5.74) is 4.43. The Labute approximate surface area is 102 Å². The van der Waals surface area contributed by atoms with E-state index in [1.807, 2.05) is 31.2 Å². The number of nitrogens with one attached hydrogen (secondary N) is 1. The molecule has 0 atom stereocenters. The van der Waals surface area contributed by atoms with Crippen LogP contribution in [0.3, 0.4) is 0 Å². The average molecular weight is 279 g/mol. The highest BCUT2D eigenvalue weighted by Crippen LogP contribution is 2.20. The molecule has 0 aliphatic heterocycles. The van der Waals surface area contributed by atoms with Gasteiger partial charge in [0.15, 0.2) is 0 Å². The maximum absolute atomic E-state index is 11.9. The van der Waals surface area contributed by atoms with E-state index >= 15 is 0 Å². The normalized spacial score (nSPS) is 10.1. The second-order valence-corrected chi connectivity index (χ2v) is 4.26. The van der Waals surface area contributed by atoms with E-state index in [0.717, 1.165) is 10.0 Å². The van der Waals surface area contributed by atoms with Gasteiger partial charge in [-0.05, 0) is 46.6 Å². The van der Waals surface area contributed by atoms with Gasteiger partial charge in [0.25, 0.3) is 5.91 Å². The highest BCUT2D eigenvalue weighted by molar-refractivity contribution is 9.10. The van der Waals surface area contributed by atoms with Crippen LogP contribution in [-0.4, -0.2) is 10.6 Å². The average Bonchev–Trinajstić information content (AvgIpc) is 2.74. The molecule has 0 fully saturated rings. The third-order valence-corrected chi connectivity index (χ3v) is 3.32. The van der Waals surface area contributed by atoms with Crippen LogP contribution in [0.2, 0.25) is 0 Å². The summed E-state index contributed by atoms with van der Waals surface area (Å²) < 4.78 is 2.46. The van der Waals surface area contributed by atoms with Crippen molar-refractivity contribution in [2.45, 2.75) is 6.92 Å². The molecule has 0 spiro atoms. The topological polar surface area (TPSA) is 34.0 Å². The number of carbonyl (C=O) groups excluding carboxylic acids is 1. The van der Waals surface area contributed by atoms with Crippen LogP contribution < -0.4 is 5.43 Å². The number of carbonyl (C=O) groups is 1. The number of rotatable bonds is 2. The maximum Gasteiger partial charge on any atom is 0.271 e. The summed E-state index contributed by atoms with van der Waals surface area (Å²) in [7, 11) is 0. The highest BCUT2D eigenvalue weighted by atomic mass is 79.9. The van der Waals surface area contributed by atoms with Crippen LogP contribution in [0.15, 0.2) is 47.2 Å². The molecule has 4 heteroatoms. The molecule has 3 nitrogen and oxygen atoms in total. The minimum absolute atomic E-state index is 0.133. The molecule has 1 N–H and O–H groups in total. The van der Waals surface area contributed by atoms with Crippen molar-refractivity contribution < 1.29 is 4.79 Å². The molecule has 0 radical (unpaired) electrons. The van der Waals surface area contributed by atoms with Gasteiger partial charge >= 0.3 is 0 Å². The van der Waals surface area contributed by atoms with Crippen molar-refractivity contribution in [1.82, 2.24) is 4.68 Å². The Morgan fingerprint density at radius 1 is 1.25 bits per heavy atom. The van der Waals surface area contributed by atoms with Gasteiger partial charge in [-0.3, -0.25) is 14.9 Å². The van der Waals surface area contributed by atoms with Crippen LogP contribution in [0.25, 0.3) is 0 Å². The molecule has 2 aromatic rings. The van der Waals surface area contributed by atoms with Gasteiger partial charge in [-0.25, -0.2) is 0 Å². The van der Waals surface area contributed by atoms with E-state index in [2.05, 4.69) is 21.4 Å². The molecule has 2 rings (SSSR count). The maximum atomic E-state index is 11.9. The van der Waals surface area contributed by atoms with Gasteiger partial charge in [0, 0.05) is 16.9 Å². The molecule has 0 aliphatic carbocycles. The van der Waals surface area contributed by atoms with E-state index in [1.165, 1.54) is 0 Å². The first kappa shape index (κ1) is 11.0. The van der Waals surface area contributed by atoms with Crippen LogP contribution >= 0.6 is 15.9 Å². The minimum atomic E-state index is -0.133. The Morgan fingerprint density at radius 3 is 2.62 bits per heavy atom. The fourth-order valence-electron chi connectivity index (χ4n) is 1.41. The van der Waals surface area contributed by atoms with Gasteiger partial charge in [-0.1, -0.05) is 12.1 Å². The Hall–Kier alpha value is -1.55. The van der Waals surface area contributed by atoms with E-state index < -0.39 is 0 Å². The van der Waals surface area contributed by atoms with Gasteiger partial charge in [0.1, 0.15) is 0 Å². The molecule has 0 saturated heterocycles. The van der Waals surface area contributed by atoms with Crippen LogP contribution in [0.5, 0.6) is 0 Å². The van der Waals surface area contributed by atoms with E-state index in [9.17, 15) is 4.79 Å². The number of halogens is 1. The third kappa shape index (κ3) is 2.17. The molecule has 0 bridgehead atoms. The summed E-state index contributed by atoms with van der Waals surface area (Å²) in [6.07, 6.45) is 3.56. The number of aryl methyl sites for hydroxylation is 1. The van der Waals surface area contributed by atoms with Crippen molar-refractivity contribution in [1.29, 1.82) is 0 Å². The third-order valence-electron chi connectivity index (χ3n) is 2.27. The molecule has 0 saturated carbocycles. The summed E-state index contributed by atoms with van der Waals surface area (Å²) in [5.74, 6) is -0.133. The number of hydrogen-bond donors (Lipinski definition) is 1. The molecular weight excluding hydrogens is 268 g/mol. The van der Waals surface area contributed by atoms with E-state index in [0.29, 0.717) is 5.56 Å². The van der Waals surface area contributed by atoms with Crippen LogP contribution in [0, 0.1) is 6.92 Å². The van der Waals surface area contributed by atoms with E-state index in [1.54, 1.807) is 23.1 Å². The second-order valence-electron chi connectivity index (χ2n) is 3.47. The minimum Gasteiger partial charge on any atom is -0.268 e. The van der Waals surface area contributed by atoms with E-state index in [4.69, 9.17) is 0 Å². The lowest BCUT2D eigenvalue weighted by atomic mass is 10.1. The van der Waals surface area contributed by atoms with Crippen LogP contribution in [-0.2, 0) is 0 Å². The van der Waals surface area contributed by atoms with Gasteiger partial charge in [0.05, 0.1) is 5.56 Å². The predicted octanol–water partition coefficient (Wildman–Crippen LogP) is 2.94. The van der Waals surface area contributed by atoms with Gasteiger partial charge in [-0.2, -0.15) is 0 Å². The molecular formula is C12H11BrN2O. The lowest BCUT2D eigenvalue weighted by molar-refractivity contribution is 0.101. The molecule has 1 aromatic heterocycles. The molecule has 1 heterocycles. The number of hydrogen-bond acceptors (Lipinski definition) is 1. The molecule has 82 valence electrons. The van der Waals surface area contributed by atoms with Crippen molar-refractivity contribution >= 4 is 21.8 Å². The standard InChI is InChI=1S/C12H11BrN2O/c1-9-5-4-6-10(11(9)13)12(16)14-15-7-2-3-8-15/h2-8H,1H3,(H,14,16). The van der Waals surface area contributed by atoms with Crippen LogP contribution in [0.1, 0.15) is 15.9 Å². The summed E-state index contributed by atoms with van der Waals surface area (Å²) in [5, 5.41) is 0. The summed E-state index contributed by atoms with van der Waals surface area (Å²) in [6, 6.07) is 9.31. The Kier molecular flexibility index (Phi) is 3.10. The largest absolute Gasteiger partial charge is 0.271 e. The monoisotopic (exact) mass is 278 g/mol. The van der Waals surface area contributed by atoms with Crippen molar-refractivity contribution in [3.8, 4) is 0 Å². The number of nitrogens with zero attached hydrogens (tertiary/aromatic N) is 1. The smallest absolute Gasteiger partial charge is 0.268 e. The first-order valence-electron chi connectivity index (χ1n) is 4.88. The zero-order valence-electron chi connectivity index (χ0n) is 8.77. The zero-order valence-corrected chi connectivity index (χ0v) is 10.4. The first-order chi connectivity index (χ1) is 7.68. The second kappa shape index (κ2) is 4.53. The number of amides is 1. The number of benzene rings is 1. The lowest BCUT2D eigenvalue weighted by Crippen LogP contribution is -2.21. The molecule has 16 heavy (non-hydrogen) atoms. The molecule has 1 amide bonds. The number of aromatic nitrogens is 1. The van der Waals surface area contributed by atoms with Crippen molar-refractivity contribution in [2.24, 2.45) is 0 Å². The van der Waals surface area contributed by atoms with Gasteiger partial charge in [-0.15, -0.1) is 0 Å². The summed E-state index contributed by atoms with van der Waals surface area (Å²) >= 11 is 3.41. The van der Waals surface area contributed by atoms with Gasteiger partial charge < -0.3 is 0 Å². The summed E-state index contributed by atoms with van der Waals surface area (Å²) in [4.78, 5) is 11.9. The van der Waals surface area contributed by atoms with Gasteiger partial charge in [0.2, 0.25) is 0 Å². The molecule has 0 aliphatic rings. The zero-order chi connectivity index (χ0) is 11.5. The SMILES string of the molecule is Cc1cccc(C(=O)Nn2cccc2)c1Br. The Bertz CT molecular complexity index is 506. The molecule has 1 aromatic carbocycles. The Balaban J connectivity index is 2.24. The molecule has 0 unspecified atom stereocenters. The van der Waals surface area contributed by atoms with Crippen molar-refractivity contribution in [3.05, 3.63) is 58.3 Å². The van der Waals surface area contributed by atoms with E-state index in [-0.39, 0.29) is 5.91 Å².